The molecule has 1 N–H and O–H groups in total. The fourth-order valence-electron chi connectivity index (χ4n) is 7.27. The maximum Gasteiger partial charge on any atom is 0.534 e. The number of alkyl halides is 9. The second-order valence-corrected chi connectivity index (χ2v) is 18.2. The van der Waals surface area contributed by atoms with Crippen molar-refractivity contribution in [1.29, 1.82) is 0 Å². The van der Waals surface area contributed by atoms with E-state index >= 15 is 0 Å². The number of fused-ring (bicyclic) bond motifs is 12. The summed E-state index contributed by atoms with van der Waals surface area (Å²) in [6.45, 7) is 0. The highest BCUT2D eigenvalue weighted by molar-refractivity contribution is 8.00. The molecule has 6 aromatic carbocycles. The van der Waals surface area contributed by atoms with E-state index in [-0.39, 0.29) is 13.2 Å². The highest BCUT2D eigenvalue weighted by Gasteiger charge is 2.57. The van der Waals surface area contributed by atoms with Crippen molar-refractivity contribution >= 4 is 107 Å². The number of aromatic hydroxyl groups is 1. The molecule has 0 atom stereocenters. The van der Waals surface area contributed by atoms with Gasteiger partial charge in [-0.1, -0.05) is 80.2 Å². The number of phenols is 1. The second-order valence-electron chi connectivity index (χ2n) is 13.3. The van der Waals surface area contributed by atoms with Crippen molar-refractivity contribution in [2.45, 2.75) is 24.0 Å². The van der Waals surface area contributed by atoms with Gasteiger partial charge in [-0.05, 0) is 48.5 Å². The second kappa shape index (κ2) is 14.9. The third kappa shape index (κ3) is 7.36. The molecule has 4 aromatic heterocycles. The molecule has 0 unspecified atom stereocenters. The van der Waals surface area contributed by atoms with Gasteiger partial charge >= 0.3 is 46.9 Å². The maximum absolute atomic E-state index is 12.7. The van der Waals surface area contributed by atoms with E-state index < -0.39 is 46.9 Å². The van der Waals surface area contributed by atoms with Gasteiger partial charge in [0.05, 0.1) is 33.1 Å². The Morgan fingerprint density at radius 3 is 0.968 bits per heavy atom. The Hall–Kier alpha value is -6.30. The quantitative estimate of drug-likeness (QED) is 0.103. The van der Waals surface area contributed by atoms with Crippen LogP contribution in [0.2, 0.25) is 0 Å². The molecule has 330 valence electrons. The van der Waals surface area contributed by atoms with Crippen LogP contribution in [-0.2, 0) is 34.0 Å². The highest BCUT2D eigenvalue weighted by Crippen LogP contribution is 2.43. The molecular weight excluding hydrogens is 920 g/mol. The van der Waals surface area contributed by atoms with Gasteiger partial charge in [0.1, 0.15) is 11.5 Å². The zero-order valence-electron chi connectivity index (χ0n) is 30.3. The van der Waals surface area contributed by atoms with Crippen LogP contribution in [0.3, 0.4) is 0 Å². The van der Waals surface area contributed by atoms with Gasteiger partial charge in [0.15, 0.2) is 0 Å². The van der Waals surface area contributed by atoms with Crippen molar-refractivity contribution in [2.75, 3.05) is 0 Å². The van der Waals surface area contributed by atoms with Crippen LogP contribution in [0.1, 0.15) is 7.43 Å². The number of benzene rings is 6. The first-order valence-electron chi connectivity index (χ1n) is 17.2. The molecule has 0 radical (unpaired) electrons. The summed E-state index contributed by atoms with van der Waals surface area (Å²) in [5.74, 6) is -0.0402. The fourth-order valence-corrected chi connectivity index (χ4v) is 9.28. The Balaban J connectivity index is 0.000000148. The zero-order chi connectivity index (χ0) is 44.9. The third-order valence-electron chi connectivity index (χ3n) is 9.60. The number of nitrogens with zero attached hydrogens (tertiary/aromatic N) is 2. The number of hydrogen-bond acceptors (Lipinski definition) is 9. The van der Waals surface area contributed by atoms with Gasteiger partial charge in [0.25, 0.3) is 0 Å². The van der Waals surface area contributed by atoms with Crippen LogP contribution in [0.5, 0.6) is 11.5 Å². The highest BCUT2D eigenvalue weighted by atomic mass is 32.3. The Kier molecular flexibility index (Phi) is 10.6. The molecule has 10 rings (SSSR count). The molecule has 10 aromatic rings. The predicted octanol–water partition coefficient (Wildman–Crippen LogP) is 10.9. The summed E-state index contributed by atoms with van der Waals surface area (Å²) in [5, 5.41) is 17.5. The molecule has 0 spiro atoms. The number of halogens is 9. The topological polar surface area (TPSA) is 150 Å². The van der Waals surface area contributed by atoms with Crippen molar-refractivity contribution in [2.24, 2.45) is 0 Å². The number of rotatable bonds is 4. The van der Waals surface area contributed by atoms with E-state index in [9.17, 15) is 69.9 Å². The number of phenolic OH excluding ortho intramolecular Hbond substituents is 1. The average Bonchev–Trinajstić information content (AvgIpc) is 3.90. The molecule has 0 fully saturated rings. The van der Waals surface area contributed by atoms with E-state index in [0.717, 1.165) is 38.1 Å². The molecule has 0 saturated heterocycles. The lowest BCUT2D eigenvalue weighted by atomic mass is 10.1. The third-order valence-corrected chi connectivity index (χ3v) is 13.1. The van der Waals surface area contributed by atoms with E-state index in [4.69, 9.17) is 0 Å². The van der Waals surface area contributed by atoms with Crippen LogP contribution >= 0.6 is 0 Å². The number of hydrogen-bond donors (Lipinski definition) is 1. The summed E-state index contributed by atoms with van der Waals surface area (Å²) in [6, 6.07) is 38.0. The van der Waals surface area contributed by atoms with Crippen molar-refractivity contribution in [1.82, 2.24) is 8.80 Å². The van der Waals surface area contributed by atoms with E-state index in [1.165, 1.54) is 39.5 Å². The van der Waals surface area contributed by atoms with Gasteiger partial charge in [-0.2, -0.15) is 64.8 Å². The molecule has 0 aliphatic heterocycles. The van der Waals surface area contributed by atoms with Gasteiger partial charge in [0.2, 0.25) is 0 Å². The Morgan fingerprint density at radius 2 is 0.683 bits per heavy atom. The fraction of sp³-hybridized carbons (Fsp3) is 0.100. The van der Waals surface area contributed by atoms with E-state index in [1.54, 1.807) is 0 Å². The summed E-state index contributed by atoms with van der Waals surface area (Å²) < 4.78 is 180. The van der Waals surface area contributed by atoms with Crippen molar-refractivity contribution < 1.29 is 77.7 Å². The molecule has 0 amide bonds. The van der Waals surface area contributed by atoms with Gasteiger partial charge in [-0.25, -0.2) is 0 Å². The van der Waals surface area contributed by atoms with Crippen LogP contribution in [-0.4, -0.2) is 55.7 Å². The molecule has 0 bridgehead atoms. The Labute approximate surface area is 348 Å². The monoisotopic (exact) mass is 944 g/mol. The normalized spacial score (nSPS) is 13.2. The lowest BCUT2D eigenvalue weighted by molar-refractivity contribution is -0.0586. The number of para-hydroxylation sites is 4. The summed E-state index contributed by atoms with van der Waals surface area (Å²) in [7, 11) is -19.4. The summed E-state index contributed by atoms with van der Waals surface area (Å²) in [4.78, 5) is 0. The van der Waals surface area contributed by atoms with E-state index in [1.807, 2.05) is 80.8 Å². The minimum Gasteiger partial charge on any atom is -0.508 e. The van der Waals surface area contributed by atoms with E-state index in [2.05, 4.69) is 45.0 Å². The molecular formula is C40H25F9N2O9S3. The first-order valence-corrected chi connectivity index (χ1v) is 21.4. The van der Waals surface area contributed by atoms with Gasteiger partial charge in [-0.3, -0.25) is 0 Å². The van der Waals surface area contributed by atoms with Crippen LogP contribution in [0.15, 0.2) is 121 Å². The molecule has 0 saturated carbocycles. The Morgan fingerprint density at radius 1 is 0.413 bits per heavy atom. The summed E-state index contributed by atoms with van der Waals surface area (Å²) >= 11 is 0. The average molecular weight is 945 g/mol. The van der Waals surface area contributed by atoms with Gasteiger partial charge in [0, 0.05) is 43.1 Å². The molecule has 11 nitrogen and oxygen atoms in total. The molecule has 23 heteroatoms. The molecule has 0 aliphatic carbocycles. The predicted molar refractivity (Wildman–Crippen MR) is 217 cm³/mol. The smallest absolute Gasteiger partial charge is 0.508 e. The summed E-state index contributed by atoms with van der Waals surface area (Å²) in [6.07, 6.45) is 0. The lowest BCUT2D eigenvalue weighted by Crippen LogP contribution is -2.34. The van der Waals surface area contributed by atoms with Crippen LogP contribution in [0, 0.1) is 0 Å². The lowest BCUT2D eigenvalue weighted by Gasteiger charge is -2.09. The van der Waals surface area contributed by atoms with Crippen LogP contribution in [0.25, 0.3) is 76.2 Å². The standard InChI is InChI=1S/C19H10F3NO3S.C18H11NO.C2F6O5S2.CH4/c20-19(21,22)27(24,25)26-11-9-14-12-5-1-3-7-16(12)23-17-8-4-2-6-13(17)15(10-11)18(14)23;20-11-9-14-12-5-1-3-7-16(12)19-17-8-4-2-6-13(17)15(10-11)18(14)19;3-1(4,5)14(9,10)13-15(11,12)2(6,7)8;/h1-10H;1-10,20H;;1H4. The van der Waals surface area contributed by atoms with Crippen molar-refractivity contribution in [3.8, 4) is 11.5 Å². The zero-order valence-corrected chi connectivity index (χ0v) is 32.7. The van der Waals surface area contributed by atoms with Crippen LogP contribution in [0.4, 0.5) is 39.5 Å². The number of aromatic nitrogens is 2. The van der Waals surface area contributed by atoms with Crippen LogP contribution < -0.4 is 4.18 Å². The van der Waals surface area contributed by atoms with E-state index in [0.29, 0.717) is 16.5 Å². The van der Waals surface area contributed by atoms with Crippen molar-refractivity contribution in [3.05, 3.63) is 121 Å². The molecule has 63 heavy (non-hydrogen) atoms. The first kappa shape index (κ1) is 44.7. The summed E-state index contributed by atoms with van der Waals surface area (Å²) in [5.41, 5.74) is -11.8. The molecule has 4 heterocycles. The largest absolute Gasteiger partial charge is 0.534 e. The maximum atomic E-state index is 12.7. The minimum atomic E-state index is -6.85. The first-order chi connectivity index (χ1) is 28.8. The Bertz CT molecular complexity index is 3520. The van der Waals surface area contributed by atoms with Crippen molar-refractivity contribution in [3.63, 3.8) is 0 Å². The molecule has 0 aliphatic rings. The minimum absolute atomic E-state index is 0. The van der Waals surface area contributed by atoms with Gasteiger partial charge < -0.3 is 18.1 Å². The SMILES string of the molecule is C.O=S(=O)(OS(=O)(=O)C(F)(F)F)C(F)(F)F.O=S(=O)(Oc1cc2c3ccccc3n3c4ccccc4c(c1)c23)C(F)(F)F.Oc1cc2c3ccccc3n3c4ccccc4c(c1)c23. The van der Waals surface area contributed by atoms with Gasteiger partial charge in [-0.15, -0.1) is 3.63 Å².